The molecule has 0 unspecified atom stereocenters. The van der Waals surface area contributed by atoms with Crippen molar-refractivity contribution in [2.75, 3.05) is 5.73 Å². The normalized spacial score (nSPS) is 10.6. The first kappa shape index (κ1) is 10.1. The van der Waals surface area contributed by atoms with Crippen LogP contribution in [0.2, 0.25) is 0 Å². The lowest BCUT2D eigenvalue weighted by atomic mass is 10.0. The summed E-state index contributed by atoms with van der Waals surface area (Å²) in [6.45, 7) is 0. The van der Waals surface area contributed by atoms with E-state index in [4.69, 9.17) is 10.3 Å². The fourth-order valence-corrected chi connectivity index (χ4v) is 2.42. The number of aromatic nitrogens is 1. The first-order valence-corrected chi connectivity index (χ1v) is 6.13. The Morgan fingerprint density at radius 2 is 1.88 bits per heavy atom. The van der Waals surface area contributed by atoms with Crippen LogP contribution in [0, 0.1) is 0 Å². The van der Waals surface area contributed by atoms with Gasteiger partial charge in [0, 0.05) is 10.9 Å². The Morgan fingerprint density at radius 3 is 2.59 bits per heavy atom. The van der Waals surface area contributed by atoms with E-state index in [1.165, 1.54) is 0 Å². The molecule has 4 heteroatoms. The average molecular weight is 242 g/mol. The highest BCUT2D eigenvalue weighted by molar-refractivity contribution is 7.08. The Bertz CT molecular complexity index is 614. The Balaban J connectivity index is 2.20. The summed E-state index contributed by atoms with van der Waals surface area (Å²) in [4.78, 5) is 0. The molecule has 2 aromatic heterocycles. The van der Waals surface area contributed by atoms with Crippen LogP contribution in [0.4, 0.5) is 5.88 Å². The van der Waals surface area contributed by atoms with Gasteiger partial charge in [-0.2, -0.15) is 11.3 Å². The van der Waals surface area contributed by atoms with E-state index in [0.717, 1.165) is 22.4 Å². The summed E-state index contributed by atoms with van der Waals surface area (Å²) in [5, 5.41) is 8.08. The van der Waals surface area contributed by atoms with Crippen LogP contribution in [0.15, 0.2) is 51.7 Å². The van der Waals surface area contributed by atoms with E-state index in [2.05, 4.69) is 5.16 Å². The number of thiophene rings is 1. The van der Waals surface area contributed by atoms with Gasteiger partial charge >= 0.3 is 0 Å². The highest BCUT2D eigenvalue weighted by Crippen LogP contribution is 2.36. The SMILES string of the molecule is Nc1onc(-c2ccsc2)c1-c1ccccc1. The van der Waals surface area contributed by atoms with Crippen LogP contribution in [0.3, 0.4) is 0 Å². The minimum atomic E-state index is 0.359. The zero-order valence-corrected chi connectivity index (χ0v) is 9.78. The van der Waals surface area contributed by atoms with E-state index >= 15 is 0 Å². The van der Waals surface area contributed by atoms with E-state index in [-0.39, 0.29) is 0 Å². The van der Waals surface area contributed by atoms with E-state index < -0.39 is 0 Å². The number of nitrogen functional groups attached to an aromatic ring is 1. The van der Waals surface area contributed by atoms with Gasteiger partial charge in [-0.1, -0.05) is 35.5 Å². The minimum Gasteiger partial charge on any atom is -0.367 e. The van der Waals surface area contributed by atoms with Gasteiger partial charge in [0.1, 0.15) is 5.69 Å². The van der Waals surface area contributed by atoms with E-state index in [1.54, 1.807) is 11.3 Å². The summed E-state index contributed by atoms with van der Waals surface area (Å²) in [6, 6.07) is 11.9. The second kappa shape index (κ2) is 4.07. The first-order chi connectivity index (χ1) is 8.36. The van der Waals surface area contributed by atoms with Crippen molar-refractivity contribution in [1.29, 1.82) is 0 Å². The van der Waals surface area contributed by atoms with Crippen molar-refractivity contribution in [2.24, 2.45) is 0 Å². The summed E-state index contributed by atoms with van der Waals surface area (Å²) >= 11 is 1.63. The standard InChI is InChI=1S/C13H10N2OS/c14-13-11(9-4-2-1-3-5-9)12(15-16-13)10-6-7-17-8-10/h1-8H,14H2. The van der Waals surface area contributed by atoms with Crippen LogP contribution < -0.4 is 5.73 Å². The number of anilines is 1. The Morgan fingerprint density at radius 1 is 1.06 bits per heavy atom. The lowest BCUT2D eigenvalue weighted by Gasteiger charge is -2.00. The number of rotatable bonds is 2. The molecule has 2 heterocycles. The third kappa shape index (κ3) is 1.72. The topological polar surface area (TPSA) is 52.0 Å². The molecule has 0 aliphatic carbocycles. The highest BCUT2D eigenvalue weighted by atomic mass is 32.1. The molecule has 3 aromatic rings. The van der Waals surface area contributed by atoms with Gasteiger partial charge in [-0.05, 0) is 17.0 Å². The number of nitrogens with two attached hydrogens (primary N) is 1. The molecule has 0 amide bonds. The second-order valence-electron chi connectivity index (χ2n) is 3.65. The monoisotopic (exact) mass is 242 g/mol. The van der Waals surface area contributed by atoms with Crippen molar-refractivity contribution in [3.8, 4) is 22.4 Å². The Labute approximate surface area is 102 Å². The molecule has 2 N–H and O–H groups in total. The van der Waals surface area contributed by atoms with Gasteiger partial charge < -0.3 is 10.3 Å². The summed E-state index contributed by atoms with van der Waals surface area (Å²) in [5.41, 5.74) is 9.58. The van der Waals surface area contributed by atoms with Crippen LogP contribution in [0.25, 0.3) is 22.4 Å². The predicted molar refractivity (Wildman–Crippen MR) is 69.7 cm³/mol. The van der Waals surface area contributed by atoms with Crippen molar-refractivity contribution in [3.05, 3.63) is 47.2 Å². The zero-order valence-electron chi connectivity index (χ0n) is 8.96. The van der Waals surface area contributed by atoms with Crippen molar-refractivity contribution >= 4 is 17.2 Å². The predicted octanol–water partition coefficient (Wildman–Crippen LogP) is 3.65. The summed E-state index contributed by atoms with van der Waals surface area (Å²) in [7, 11) is 0. The van der Waals surface area contributed by atoms with Gasteiger partial charge in [0.15, 0.2) is 0 Å². The Kier molecular flexibility index (Phi) is 2.42. The molecule has 17 heavy (non-hydrogen) atoms. The van der Waals surface area contributed by atoms with Gasteiger partial charge in [-0.25, -0.2) is 0 Å². The van der Waals surface area contributed by atoms with Crippen LogP contribution in [-0.2, 0) is 0 Å². The van der Waals surface area contributed by atoms with Gasteiger partial charge in [0.2, 0.25) is 5.88 Å². The van der Waals surface area contributed by atoms with Crippen LogP contribution >= 0.6 is 11.3 Å². The van der Waals surface area contributed by atoms with Crippen molar-refractivity contribution in [3.63, 3.8) is 0 Å². The molecule has 0 aliphatic rings. The molecule has 1 aromatic carbocycles. The summed E-state index contributed by atoms with van der Waals surface area (Å²) < 4.78 is 5.11. The van der Waals surface area contributed by atoms with Crippen molar-refractivity contribution in [2.45, 2.75) is 0 Å². The van der Waals surface area contributed by atoms with Crippen molar-refractivity contribution in [1.82, 2.24) is 5.16 Å². The van der Waals surface area contributed by atoms with Gasteiger partial charge in [0.05, 0.1) is 5.56 Å². The number of benzene rings is 1. The molecule has 0 fully saturated rings. The van der Waals surface area contributed by atoms with E-state index in [0.29, 0.717) is 5.88 Å². The molecular weight excluding hydrogens is 232 g/mol. The molecule has 0 aliphatic heterocycles. The molecule has 0 bridgehead atoms. The average Bonchev–Trinajstić information content (AvgIpc) is 2.98. The van der Waals surface area contributed by atoms with Crippen LogP contribution in [0.5, 0.6) is 0 Å². The maximum atomic E-state index is 5.85. The third-order valence-corrected chi connectivity index (χ3v) is 3.26. The molecule has 0 spiro atoms. The van der Waals surface area contributed by atoms with Gasteiger partial charge in [-0.15, -0.1) is 0 Å². The molecule has 84 valence electrons. The highest BCUT2D eigenvalue weighted by Gasteiger charge is 2.17. The molecule has 3 nitrogen and oxygen atoms in total. The van der Waals surface area contributed by atoms with Crippen LogP contribution in [0.1, 0.15) is 0 Å². The van der Waals surface area contributed by atoms with Crippen molar-refractivity contribution < 1.29 is 4.52 Å². The third-order valence-electron chi connectivity index (χ3n) is 2.58. The zero-order chi connectivity index (χ0) is 11.7. The molecular formula is C13H10N2OS. The molecule has 0 atom stereocenters. The fraction of sp³-hybridized carbons (Fsp3) is 0. The lowest BCUT2D eigenvalue weighted by molar-refractivity contribution is 0.439. The summed E-state index contributed by atoms with van der Waals surface area (Å²) in [6.07, 6.45) is 0. The van der Waals surface area contributed by atoms with E-state index in [1.807, 2.05) is 47.2 Å². The number of hydrogen-bond donors (Lipinski definition) is 1. The second-order valence-corrected chi connectivity index (χ2v) is 4.43. The maximum absolute atomic E-state index is 5.85. The lowest BCUT2D eigenvalue weighted by Crippen LogP contribution is -1.86. The van der Waals surface area contributed by atoms with Gasteiger partial charge in [-0.3, -0.25) is 0 Å². The quantitative estimate of drug-likeness (QED) is 0.746. The van der Waals surface area contributed by atoms with E-state index in [9.17, 15) is 0 Å². The Hall–Kier alpha value is -2.07. The van der Waals surface area contributed by atoms with Crippen LogP contribution in [-0.4, -0.2) is 5.16 Å². The molecule has 0 radical (unpaired) electrons. The molecule has 0 saturated carbocycles. The fourth-order valence-electron chi connectivity index (χ4n) is 1.78. The minimum absolute atomic E-state index is 0.359. The largest absolute Gasteiger partial charge is 0.367 e. The first-order valence-electron chi connectivity index (χ1n) is 5.19. The smallest absolute Gasteiger partial charge is 0.230 e. The number of nitrogens with zero attached hydrogens (tertiary/aromatic N) is 1. The number of hydrogen-bond acceptors (Lipinski definition) is 4. The molecule has 0 saturated heterocycles. The maximum Gasteiger partial charge on any atom is 0.230 e. The molecule has 3 rings (SSSR count). The summed E-state index contributed by atoms with van der Waals surface area (Å²) in [5.74, 6) is 0.359. The van der Waals surface area contributed by atoms with Gasteiger partial charge in [0.25, 0.3) is 0 Å².